The molecule has 0 atom stereocenters. The number of thioether (sulfide) groups is 1. The van der Waals surface area contributed by atoms with Gasteiger partial charge in [0.1, 0.15) is 11.5 Å². The van der Waals surface area contributed by atoms with Gasteiger partial charge in [0, 0.05) is 16.7 Å². The van der Waals surface area contributed by atoms with E-state index in [-0.39, 0.29) is 22.3 Å². The fourth-order valence-electron chi connectivity index (χ4n) is 3.16. The van der Waals surface area contributed by atoms with Crippen molar-refractivity contribution in [3.63, 3.8) is 0 Å². The molecule has 1 saturated heterocycles. The number of carboxylic acids is 1. The van der Waals surface area contributed by atoms with Crippen LogP contribution in [0.15, 0.2) is 63.9 Å². The molecule has 2 amide bonds. The van der Waals surface area contributed by atoms with Gasteiger partial charge in [-0.1, -0.05) is 35.9 Å². The van der Waals surface area contributed by atoms with Gasteiger partial charge in [0.2, 0.25) is 0 Å². The van der Waals surface area contributed by atoms with Crippen molar-refractivity contribution in [2.24, 2.45) is 0 Å². The average Bonchev–Trinajstić information content (AvgIpc) is 3.30. The number of carbonyl (C=O) groups is 3. The van der Waals surface area contributed by atoms with E-state index in [4.69, 9.17) is 16.0 Å². The van der Waals surface area contributed by atoms with E-state index in [9.17, 15) is 19.5 Å². The highest BCUT2D eigenvalue weighted by Crippen LogP contribution is 2.35. The lowest BCUT2D eigenvalue weighted by molar-refractivity contribution is -0.123. The van der Waals surface area contributed by atoms with Crippen molar-refractivity contribution in [3.8, 4) is 11.3 Å². The number of rotatable bonds is 5. The Kier molecular flexibility index (Phi) is 5.71. The molecule has 0 saturated carbocycles. The summed E-state index contributed by atoms with van der Waals surface area (Å²) in [5, 5.41) is 9.32. The number of aryl methyl sites for hydroxylation is 1. The molecule has 0 bridgehead atoms. The highest BCUT2D eigenvalue weighted by Gasteiger charge is 2.35. The average molecular weight is 454 g/mol. The number of nitrogens with zero attached hydrogens (tertiary/aromatic N) is 1. The third kappa shape index (κ3) is 4.28. The first-order chi connectivity index (χ1) is 14.8. The molecule has 0 unspecified atom stereocenters. The van der Waals surface area contributed by atoms with E-state index in [1.165, 1.54) is 18.2 Å². The zero-order valence-electron chi connectivity index (χ0n) is 16.3. The first-order valence-corrected chi connectivity index (χ1v) is 10.5. The van der Waals surface area contributed by atoms with Crippen molar-refractivity contribution < 1.29 is 23.9 Å². The van der Waals surface area contributed by atoms with Gasteiger partial charge in [-0.05, 0) is 60.1 Å². The molecule has 8 heteroatoms. The summed E-state index contributed by atoms with van der Waals surface area (Å²) in [5.74, 6) is -0.585. The van der Waals surface area contributed by atoms with E-state index in [0.29, 0.717) is 27.7 Å². The summed E-state index contributed by atoms with van der Waals surface area (Å²) in [6.45, 7) is 1.94. The Labute approximate surface area is 187 Å². The van der Waals surface area contributed by atoms with Gasteiger partial charge in [-0.15, -0.1) is 0 Å². The van der Waals surface area contributed by atoms with Gasteiger partial charge >= 0.3 is 5.97 Å². The summed E-state index contributed by atoms with van der Waals surface area (Å²) >= 11 is 6.98. The zero-order chi connectivity index (χ0) is 22.1. The number of hydrogen-bond donors (Lipinski definition) is 1. The van der Waals surface area contributed by atoms with Crippen LogP contribution in [0.5, 0.6) is 0 Å². The molecule has 156 valence electrons. The topological polar surface area (TPSA) is 87.8 Å². The fourth-order valence-corrected chi connectivity index (χ4v) is 4.17. The van der Waals surface area contributed by atoms with Crippen LogP contribution in [0.3, 0.4) is 0 Å². The highest BCUT2D eigenvalue weighted by atomic mass is 35.5. The maximum absolute atomic E-state index is 12.8. The van der Waals surface area contributed by atoms with Crippen LogP contribution < -0.4 is 0 Å². The Hall–Kier alpha value is -3.29. The number of carbonyl (C=O) groups excluding carboxylic acids is 2. The second kappa shape index (κ2) is 8.45. The molecule has 2 heterocycles. The first-order valence-electron chi connectivity index (χ1n) is 9.26. The molecule has 1 aliphatic heterocycles. The summed E-state index contributed by atoms with van der Waals surface area (Å²) < 4.78 is 5.82. The zero-order valence-corrected chi connectivity index (χ0v) is 17.9. The monoisotopic (exact) mass is 453 g/mol. The number of halogens is 1. The third-order valence-electron chi connectivity index (χ3n) is 4.81. The molecule has 2 aromatic carbocycles. The van der Waals surface area contributed by atoms with Crippen molar-refractivity contribution in [3.05, 3.63) is 87.0 Å². The van der Waals surface area contributed by atoms with Crippen molar-refractivity contribution in [1.82, 2.24) is 4.90 Å². The minimum atomic E-state index is -1.03. The van der Waals surface area contributed by atoms with Crippen molar-refractivity contribution >= 4 is 46.6 Å². The maximum atomic E-state index is 12.8. The number of carboxylic acid groups (broad SMARTS) is 1. The van der Waals surface area contributed by atoms with Crippen LogP contribution in [-0.4, -0.2) is 27.1 Å². The Balaban J connectivity index is 1.58. The minimum absolute atomic E-state index is 0.0895. The minimum Gasteiger partial charge on any atom is -0.478 e. The summed E-state index contributed by atoms with van der Waals surface area (Å²) in [6, 6.07) is 15.2. The van der Waals surface area contributed by atoms with Crippen molar-refractivity contribution in [1.29, 1.82) is 0 Å². The molecule has 4 rings (SSSR count). The molecule has 0 spiro atoms. The molecule has 31 heavy (non-hydrogen) atoms. The van der Waals surface area contributed by atoms with Gasteiger partial charge in [0.25, 0.3) is 11.1 Å². The Morgan fingerprint density at radius 3 is 2.68 bits per heavy atom. The van der Waals surface area contributed by atoms with E-state index in [0.717, 1.165) is 22.2 Å². The standard InChI is InChI=1S/C23H16ClNO5S/c1-13-6-7-14(22(27)28)10-17(13)19-9-8-16(30-19)11-20-21(26)25(23(29)31-20)12-15-4-2-3-5-18(15)24/h2-11H,12H2,1H3,(H,27,28)/b20-11+. The quantitative estimate of drug-likeness (QED) is 0.488. The second-order valence-corrected chi connectivity index (χ2v) is 8.30. The van der Waals surface area contributed by atoms with Crippen LogP contribution in [0.1, 0.15) is 27.2 Å². The number of amides is 2. The molecule has 0 radical (unpaired) electrons. The van der Waals surface area contributed by atoms with Gasteiger partial charge < -0.3 is 9.52 Å². The third-order valence-corrected chi connectivity index (χ3v) is 6.09. The molecule has 6 nitrogen and oxygen atoms in total. The van der Waals surface area contributed by atoms with E-state index in [1.54, 1.807) is 42.5 Å². The normalized spacial score (nSPS) is 15.2. The van der Waals surface area contributed by atoms with Crippen LogP contribution in [0, 0.1) is 6.92 Å². The predicted molar refractivity (Wildman–Crippen MR) is 119 cm³/mol. The van der Waals surface area contributed by atoms with Gasteiger partial charge in [-0.2, -0.15) is 0 Å². The summed E-state index contributed by atoms with van der Waals surface area (Å²) in [7, 11) is 0. The molecular formula is C23H16ClNO5S. The molecule has 1 N–H and O–H groups in total. The largest absolute Gasteiger partial charge is 0.478 e. The molecule has 0 aliphatic carbocycles. The summed E-state index contributed by atoms with van der Waals surface area (Å²) in [5.41, 5.74) is 2.33. The number of aromatic carboxylic acids is 1. The Morgan fingerprint density at radius 1 is 1.16 bits per heavy atom. The molecule has 1 aliphatic rings. The molecular weight excluding hydrogens is 438 g/mol. The maximum Gasteiger partial charge on any atom is 0.335 e. The van der Waals surface area contributed by atoms with Crippen LogP contribution in [0.4, 0.5) is 4.79 Å². The van der Waals surface area contributed by atoms with E-state index >= 15 is 0 Å². The van der Waals surface area contributed by atoms with Gasteiger partial charge in [0.05, 0.1) is 17.0 Å². The smallest absolute Gasteiger partial charge is 0.335 e. The number of imide groups is 1. The number of benzene rings is 2. The van der Waals surface area contributed by atoms with Crippen molar-refractivity contribution in [2.45, 2.75) is 13.5 Å². The van der Waals surface area contributed by atoms with Crippen LogP contribution >= 0.6 is 23.4 Å². The van der Waals surface area contributed by atoms with E-state index < -0.39 is 11.9 Å². The molecule has 1 aromatic heterocycles. The lowest BCUT2D eigenvalue weighted by Gasteiger charge is -2.13. The Bertz CT molecular complexity index is 1250. The van der Waals surface area contributed by atoms with Gasteiger partial charge in [-0.25, -0.2) is 4.79 Å². The highest BCUT2D eigenvalue weighted by molar-refractivity contribution is 8.18. The van der Waals surface area contributed by atoms with Crippen molar-refractivity contribution in [2.75, 3.05) is 0 Å². The SMILES string of the molecule is Cc1ccc(C(=O)O)cc1-c1ccc(/C=C2/SC(=O)N(Cc3ccccc3Cl)C2=O)o1. The van der Waals surface area contributed by atoms with Gasteiger partial charge in [-0.3, -0.25) is 14.5 Å². The Morgan fingerprint density at radius 2 is 1.94 bits per heavy atom. The van der Waals surface area contributed by atoms with Crippen LogP contribution in [0.25, 0.3) is 17.4 Å². The second-order valence-electron chi connectivity index (χ2n) is 6.90. The lowest BCUT2D eigenvalue weighted by Crippen LogP contribution is -2.27. The fraction of sp³-hybridized carbons (Fsp3) is 0.0870. The van der Waals surface area contributed by atoms with E-state index in [2.05, 4.69) is 0 Å². The van der Waals surface area contributed by atoms with Crippen LogP contribution in [0.2, 0.25) is 5.02 Å². The number of hydrogen-bond acceptors (Lipinski definition) is 5. The van der Waals surface area contributed by atoms with E-state index in [1.807, 2.05) is 6.92 Å². The molecule has 1 fully saturated rings. The first kappa shape index (κ1) is 21.0. The van der Waals surface area contributed by atoms with Gasteiger partial charge in [0.15, 0.2) is 0 Å². The summed E-state index contributed by atoms with van der Waals surface area (Å²) in [6.07, 6.45) is 1.51. The predicted octanol–water partition coefficient (Wildman–Crippen LogP) is 5.84. The lowest BCUT2D eigenvalue weighted by atomic mass is 10.0. The van der Waals surface area contributed by atoms with Crippen LogP contribution in [-0.2, 0) is 11.3 Å². The number of furan rings is 1. The summed E-state index contributed by atoms with van der Waals surface area (Å²) in [4.78, 5) is 37.8. The molecule has 3 aromatic rings.